The number of carbonyl (C=O) groups is 1. The number of rotatable bonds is 9. The van der Waals surface area contributed by atoms with Gasteiger partial charge in [0, 0.05) is 59.6 Å². The highest BCUT2D eigenvalue weighted by atomic mass is 16.5. The van der Waals surface area contributed by atoms with Gasteiger partial charge in [0.05, 0.1) is 18.9 Å². The van der Waals surface area contributed by atoms with Crippen molar-refractivity contribution in [3.05, 3.63) is 17.0 Å². The average molecular weight is 408 g/mol. The van der Waals surface area contributed by atoms with E-state index in [-0.39, 0.29) is 12.5 Å². The third-order valence-corrected chi connectivity index (χ3v) is 5.25. The standard InChI is InChI=1S/C20H37N7O2/c1-16-18(17(2)26(5)24-16)7-6-8-21-20(23-15-19(28)25(3)4)22-9-10-27-11-13-29-14-12-27/h6-15H2,1-5H3,(H2,21,22,23). The van der Waals surface area contributed by atoms with Crippen molar-refractivity contribution in [2.75, 3.05) is 66.6 Å². The average Bonchev–Trinajstić information content (AvgIpc) is 2.94. The first-order valence-corrected chi connectivity index (χ1v) is 10.4. The molecule has 29 heavy (non-hydrogen) atoms. The minimum absolute atomic E-state index is 0.0131. The van der Waals surface area contributed by atoms with Crippen LogP contribution >= 0.6 is 0 Å². The fraction of sp³-hybridized carbons (Fsp3) is 0.750. The van der Waals surface area contributed by atoms with Crippen molar-refractivity contribution in [3.63, 3.8) is 0 Å². The Balaban J connectivity index is 1.81. The number of guanidine groups is 1. The fourth-order valence-electron chi connectivity index (χ4n) is 3.27. The van der Waals surface area contributed by atoms with Gasteiger partial charge in [0.25, 0.3) is 0 Å². The van der Waals surface area contributed by atoms with E-state index >= 15 is 0 Å². The molecule has 9 heteroatoms. The van der Waals surface area contributed by atoms with Crippen molar-refractivity contribution in [3.8, 4) is 0 Å². The molecule has 0 bridgehead atoms. The summed E-state index contributed by atoms with van der Waals surface area (Å²) in [5.41, 5.74) is 3.63. The first-order chi connectivity index (χ1) is 13.9. The molecule has 1 aromatic heterocycles. The Labute approximate surface area is 174 Å². The third-order valence-electron chi connectivity index (χ3n) is 5.25. The third kappa shape index (κ3) is 7.66. The molecule has 1 fully saturated rings. The number of aliphatic imine (C=N–C) groups is 1. The van der Waals surface area contributed by atoms with Gasteiger partial charge in [-0.1, -0.05) is 0 Å². The summed E-state index contributed by atoms with van der Waals surface area (Å²) in [6, 6.07) is 0. The van der Waals surface area contributed by atoms with Crippen molar-refractivity contribution in [2.24, 2.45) is 12.0 Å². The number of nitrogens with zero attached hydrogens (tertiary/aromatic N) is 5. The second kappa shape index (κ2) is 11.8. The summed E-state index contributed by atoms with van der Waals surface area (Å²) >= 11 is 0. The Morgan fingerprint density at radius 2 is 1.90 bits per heavy atom. The van der Waals surface area contributed by atoms with E-state index in [2.05, 4.69) is 39.5 Å². The minimum Gasteiger partial charge on any atom is -0.379 e. The van der Waals surface area contributed by atoms with Gasteiger partial charge < -0.3 is 20.3 Å². The van der Waals surface area contributed by atoms with Crippen molar-refractivity contribution >= 4 is 11.9 Å². The highest BCUT2D eigenvalue weighted by molar-refractivity contribution is 5.84. The van der Waals surface area contributed by atoms with Crippen LogP contribution < -0.4 is 10.6 Å². The Kier molecular flexibility index (Phi) is 9.40. The van der Waals surface area contributed by atoms with Crippen LogP contribution in [0.4, 0.5) is 0 Å². The van der Waals surface area contributed by atoms with Crippen LogP contribution in [0.1, 0.15) is 23.4 Å². The summed E-state index contributed by atoms with van der Waals surface area (Å²) in [6.07, 6.45) is 1.94. The van der Waals surface area contributed by atoms with Crippen molar-refractivity contribution in [1.29, 1.82) is 0 Å². The van der Waals surface area contributed by atoms with E-state index in [1.807, 2.05) is 11.7 Å². The monoisotopic (exact) mass is 407 g/mol. The van der Waals surface area contributed by atoms with E-state index in [1.54, 1.807) is 19.0 Å². The van der Waals surface area contributed by atoms with E-state index in [4.69, 9.17) is 4.74 Å². The van der Waals surface area contributed by atoms with Gasteiger partial charge in [-0.25, -0.2) is 4.99 Å². The first-order valence-electron chi connectivity index (χ1n) is 10.4. The highest BCUT2D eigenvalue weighted by Crippen LogP contribution is 2.13. The molecule has 2 N–H and O–H groups in total. The van der Waals surface area contributed by atoms with Crippen molar-refractivity contribution < 1.29 is 9.53 Å². The number of morpholine rings is 1. The zero-order valence-electron chi connectivity index (χ0n) is 18.6. The molecule has 164 valence electrons. The number of hydrogen-bond acceptors (Lipinski definition) is 5. The molecule has 0 unspecified atom stereocenters. The zero-order valence-corrected chi connectivity index (χ0v) is 18.6. The molecule has 1 aliphatic rings. The van der Waals surface area contributed by atoms with Crippen molar-refractivity contribution in [2.45, 2.75) is 26.7 Å². The lowest BCUT2D eigenvalue weighted by Crippen LogP contribution is -2.45. The summed E-state index contributed by atoms with van der Waals surface area (Å²) in [5.74, 6) is 0.675. The lowest BCUT2D eigenvalue weighted by molar-refractivity contribution is -0.127. The molecule has 1 aromatic rings. The van der Waals surface area contributed by atoms with E-state index in [0.717, 1.165) is 64.5 Å². The molecule has 1 saturated heterocycles. The van der Waals surface area contributed by atoms with Gasteiger partial charge in [-0.3, -0.25) is 14.4 Å². The van der Waals surface area contributed by atoms with E-state index in [0.29, 0.717) is 5.96 Å². The van der Waals surface area contributed by atoms with Crippen LogP contribution in [0.25, 0.3) is 0 Å². The number of hydrogen-bond donors (Lipinski definition) is 2. The van der Waals surface area contributed by atoms with Gasteiger partial charge in [-0.05, 0) is 32.3 Å². The largest absolute Gasteiger partial charge is 0.379 e. The minimum atomic E-state index is -0.0131. The fourth-order valence-corrected chi connectivity index (χ4v) is 3.27. The van der Waals surface area contributed by atoms with Crippen molar-refractivity contribution in [1.82, 2.24) is 30.2 Å². The topological polar surface area (TPSA) is 87.0 Å². The quantitative estimate of drug-likeness (QED) is 0.338. The van der Waals surface area contributed by atoms with Crippen LogP contribution in [0.2, 0.25) is 0 Å². The molecular formula is C20H37N7O2. The van der Waals surface area contributed by atoms with Crippen LogP contribution in [0.5, 0.6) is 0 Å². The number of nitrogens with one attached hydrogen (secondary N) is 2. The number of aryl methyl sites for hydroxylation is 2. The molecular weight excluding hydrogens is 370 g/mol. The number of aromatic nitrogens is 2. The Hall–Kier alpha value is -2.13. The maximum Gasteiger partial charge on any atom is 0.243 e. The molecule has 0 saturated carbocycles. The molecule has 2 heterocycles. The molecule has 0 aliphatic carbocycles. The Bertz CT molecular complexity index is 679. The van der Waals surface area contributed by atoms with E-state index in [9.17, 15) is 4.79 Å². The first kappa shape index (κ1) is 23.2. The van der Waals surface area contributed by atoms with Gasteiger partial charge in [0.2, 0.25) is 5.91 Å². The molecule has 0 aromatic carbocycles. The second-order valence-corrected chi connectivity index (χ2v) is 7.64. The van der Waals surface area contributed by atoms with Crippen LogP contribution in [0.3, 0.4) is 0 Å². The summed E-state index contributed by atoms with van der Waals surface area (Å²) in [7, 11) is 5.47. The summed E-state index contributed by atoms with van der Waals surface area (Å²) in [5, 5.41) is 11.2. The normalized spacial score (nSPS) is 15.4. The van der Waals surface area contributed by atoms with Gasteiger partial charge in [-0.2, -0.15) is 5.10 Å². The second-order valence-electron chi connectivity index (χ2n) is 7.64. The lowest BCUT2D eigenvalue weighted by Gasteiger charge is -2.26. The van der Waals surface area contributed by atoms with Gasteiger partial charge in [-0.15, -0.1) is 0 Å². The molecule has 0 atom stereocenters. The molecule has 1 amide bonds. The summed E-state index contributed by atoms with van der Waals surface area (Å²) in [4.78, 5) is 20.3. The van der Waals surface area contributed by atoms with Crippen LogP contribution in [0.15, 0.2) is 4.99 Å². The number of carbonyl (C=O) groups excluding carboxylic acids is 1. The molecule has 0 radical (unpaired) electrons. The molecule has 2 rings (SSSR count). The smallest absolute Gasteiger partial charge is 0.243 e. The van der Waals surface area contributed by atoms with Crippen LogP contribution in [0, 0.1) is 13.8 Å². The van der Waals surface area contributed by atoms with Gasteiger partial charge in [0.1, 0.15) is 6.54 Å². The summed E-state index contributed by atoms with van der Waals surface area (Å²) < 4.78 is 7.32. The maximum atomic E-state index is 11.9. The van der Waals surface area contributed by atoms with Crippen LogP contribution in [-0.4, -0.2) is 98.0 Å². The molecule has 0 spiro atoms. The zero-order chi connectivity index (χ0) is 21.2. The highest BCUT2D eigenvalue weighted by Gasteiger charge is 2.11. The lowest BCUT2D eigenvalue weighted by atomic mass is 10.1. The van der Waals surface area contributed by atoms with E-state index in [1.165, 1.54) is 11.3 Å². The van der Waals surface area contributed by atoms with Gasteiger partial charge >= 0.3 is 0 Å². The maximum absolute atomic E-state index is 11.9. The van der Waals surface area contributed by atoms with Gasteiger partial charge in [0.15, 0.2) is 5.96 Å². The number of likely N-dealkylation sites (N-methyl/N-ethyl adjacent to an activating group) is 1. The Morgan fingerprint density at radius 3 is 2.52 bits per heavy atom. The molecule has 9 nitrogen and oxygen atoms in total. The summed E-state index contributed by atoms with van der Waals surface area (Å²) in [6.45, 7) is 10.3. The number of ether oxygens (including phenoxy) is 1. The predicted octanol–water partition coefficient (Wildman–Crippen LogP) is -0.0749. The van der Waals surface area contributed by atoms with E-state index < -0.39 is 0 Å². The molecule has 1 aliphatic heterocycles. The predicted molar refractivity (Wildman–Crippen MR) is 115 cm³/mol. The SMILES string of the molecule is Cc1nn(C)c(C)c1CCCNC(=NCC(=O)N(C)C)NCCN1CCOCC1. The number of amides is 1. The van der Waals surface area contributed by atoms with Crippen LogP contribution in [-0.2, 0) is 23.0 Å². The Morgan fingerprint density at radius 1 is 1.21 bits per heavy atom.